The lowest BCUT2D eigenvalue weighted by Gasteiger charge is -2.31. The molecule has 1 amide bonds. The first-order chi connectivity index (χ1) is 10.0. The summed E-state index contributed by atoms with van der Waals surface area (Å²) in [5.74, 6) is -1.35. The molecule has 1 aromatic carbocycles. The molecule has 1 heterocycles. The molecule has 1 saturated heterocycles. The number of hydrogen-bond acceptors (Lipinski definition) is 3. The van der Waals surface area contributed by atoms with Crippen molar-refractivity contribution in [1.82, 2.24) is 4.90 Å². The zero-order valence-corrected chi connectivity index (χ0v) is 12.5. The number of amides is 1. The molecule has 1 aliphatic heterocycles. The van der Waals surface area contributed by atoms with E-state index in [1.54, 1.807) is 11.8 Å². The van der Waals surface area contributed by atoms with E-state index in [0.717, 1.165) is 12.5 Å². The van der Waals surface area contributed by atoms with Crippen molar-refractivity contribution in [3.63, 3.8) is 0 Å². The van der Waals surface area contributed by atoms with Crippen LogP contribution in [0.1, 0.15) is 30.1 Å². The minimum atomic E-state index is -0.486. The van der Waals surface area contributed by atoms with Crippen LogP contribution in [0.3, 0.4) is 0 Å². The van der Waals surface area contributed by atoms with E-state index in [2.05, 4.69) is 0 Å². The third-order valence-corrected chi connectivity index (χ3v) is 3.80. The van der Waals surface area contributed by atoms with Gasteiger partial charge in [0.05, 0.1) is 23.1 Å². The quantitative estimate of drug-likeness (QED) is 0.806. The largest absolute Gasteiger partial charge is 0.466 e. The Labute approximate surface area is 127 Å². The summed E-state index contributed by atoms with van der Waals surface area (Å²) < 4.78 is 18.0. The summed E-state index contributed by atoms with van der Waals surface area (Å²) in [7, 11) is 0. The Bertz CT molecular complexity index is 550. The Balaban J connectivity index is 2.10. The van der Waals surface area contributed by atoms with Gasteiger partial charge < -0.3 is 9.64 Å². The molecule has 0 aromatic heterocycles. The average molecular weight is 314 g/mol. The molecule has 114 valence electrons. The average Bonchev–Trinajstić information content (AvgIpc) is 2.47. The minimum Gasteiger partial charge on any atom is -0.466 e. The Hall–Kier alpha value is -1.62. The Morgan fingerprint density at radius 2 is 2.24 bits per heavy atom. The molecule has 0 radical (unpaired) electrons. The number of benzene rings is 1. The van der Waals surface area contributed by atoms with Crippen LogP contribution in [-0.2, 0) is 9.53 Å². The zero-order valence-electron chi connectivity index (χ0n) is 11.8. The number of rotatable bonds is 3. The Morgan fingerprint density at radius 3 is 2.90 bits per heavy atom. The first-order valence-corrected chi connectivity index (χ1v) is 7.31. The van der Waals surface area contributed by atoms with Crippen molar-refractivity contribution in [2.24, 2.45) is 5.92 Å². The Morgan fingerprint density at radius 1 is 1.48 bits per heavy atom. The molecule has 0 N–H and O–H groups in total. The van der Waals surface area contributed by atoms with Crippen LogP contribution < -0.4 is 0 Å². The van der Waals surface area contributed by atoms with Crippen molar-refractivity contribution in [2.45, 2.75) is 19.8 Å². The van der Waals surface area contributed by atoms with Crippen LogP contribution in [0, 0.1) is 11.7 Å². The maximum absolute atomic E-state index is 13.0. The van der Waals surface area contributed by atoms with Gasteiger partial charge in [-0.15, -0.1) is 0 Å². The topological polar surface area (TPSA) is 46.6 Å². The van der Waals surface area contributed by atoms with Gasteiger partial charge in [-0.1, -0.05) is 11.6 Å². The first-order valence-electron chi connectivity index (χ1n) is 6.94. The SMILES string of the molecule is CCOC(=O)[C@H]1CCCN(C(=O)c2ccc(F)cc2Cl)C1. The number of piperidine rings is 1. The second-order valence-corrected chi connectivity index (χ2v) is 5.37. The van der Waals surface area contributed by atoms with Crippen molar-refractivity contribution in [1.29, 1.82) is 0 Å². The van der Waals surface area contributed by atoms with Crippen LogP contribution >= 0.6 is 11.6 Å². The molecular formula is C15H17ClFNO3. The fourth-order valence-corrected chi connectivity index (χ4v) is 2.70. The molecule has 1 aromatic rings. The van der Waals surface area contributed by atoms with Crippen molar-refractivity contribution in [2.75, 3.05) is 19.7 Å². The van der Waals surface area contributed by atoms with Gasteiger partial charge in [0, 0.05) is 13.1 Å². The highest BCUT2D eigenvalue weighted by atomic mass is 35.5. The van der Waals surface area contributed by atoms with E-state index in [-0.39, 0.29) is 28.4 Å². The summed E-state index contributed by atoms with van der Waals surface area (Å²) in [5, 5.41) is 0.0817. The maximum atomic E-state index is 13.0. The van der Waals surface area contributed by atoms with Crippen LogP contribution in [0.2, 0.25) is 5.02 Å². The predicted octanol–water partition coefficient (Wildman–Crippen LogP) is 2.89. The normalized spacial score (nSPS) is 18.4. The lowest BCUT2D eigenvalue weighted by atomic mass is 9.97. The van der Waals surface area contributed by atoms with Crippen LogP contribution in [0.4, 0.5) is 4.39 Å². The van der Waals surface area contributed by atoms with Crippen molar-refractivity contribution < 1.29 is 18.7 Å². The number of likely N-dealkylation sites (tertiary alicyclic amines) is 1. The van der Waals surface area contributed by atoms with Crippen LogP contribution in [-0.4, -0.2) is 36.5 Å². The number of ether oxygens (including phenoxy) is 1. The highest BCUT2D eigenvalue weighted by molar-refractivity contribution is 6.33. The summed E-state index contributed by atoms with van der Waals surface area (Å²) in [5.41, 5.74) is 0.252. The number of hydrogen-bond donors (Lipinski definition) is 0. The molecule has 0 spiro atoms. The van der Waals surface area contributed by atoms with E-state index in [0.29, 0.717) is 26.1 Å². The van der Waals surface area contributed by atoms with Gasteiger partial charge in [-0.2, -0.15) is 0 Å². The van der Waals surface area contributed by atoms with Crippen molar-refractivity contribution >= 4 is 23.5 Å². The van der Waals surface area contributed by atoms with Gasteiger partial charge in [-0.05, 0) is 38.0 Å². The van der Waals surface area contributed by atoms with Gasteiger partial charge >= 0.3 is 5.97 Å². The molecule has 1 fully saturated rings. The molecule has 0 bridgehead atoms. The summed E-state index contributed by atoms with van der Waals surface area (Å²) >= 11 is 5.91. The number of carbonyl (C=O) groups is 2. The van der Waals surface area contributed by atoms with E-state index >= 15 is 0 Å². The molecule has 0 saturated carbocycles. The van der Waals surface area contributed by atoms with E-state index in [4.69, 9.17) is 16.3 Å². The number of carbonyl (C=O) groups excluding carboxylic acids is 2. The fourth-order valence-electron chi connectivity index (χ4n) is 2.45. The highest BCUT2D eigenvalue weighted by Crippen LogP contribution is 2.23. The third-order valence-electron chi connectivity index (χ3n) is 3.49. The number of esters is 1. The van der Waals surface area contributed by atoms with E-state index in [1.165, 1.54) is 12.1 Å². The van der Waals surface area contributed by atoms with Gasteiger partial charge in [0.2, 0.25) is 0 Å². The van der Waals surface area contributed by atoms with Gasteiger partial charge in [-0.25, -0.2) is 4.39 Å². The standard InChI is InChI=1S/C15H17ClFNO3/c1-2-21-15(20)10-4-3-7-18(9-10)14(19)12-6-5-11(17)8-13(12)16/h5-6,8,10H,2-4,7,9H2,1H3/t10-/m0/s1. The summed E-state index contributed by atoms with van der Waals surface area (Å²) in [6, 6.07) is 3.68. The summed E-state index contributed by atoms with van der Waals surface area (Å²) in [6.07, 6.45) is 1.44. The fraction of sp³-hybridized carbons (Fsp3) is 0.467. The lowest BCUT2D eigenvalue weighted by Crippen LogP contribution is -2.42. The predicted molar refractivity (Wildman–Crippen MR) is 76.7 cm³/mol. The second-order valence-electron chi connectivity index (χ2n) is 4.97. The number of nitrogens with zero attached hydrogens (tertiary/aromatic N) is 1. The number of halogens is 2. The molecule has 1 atom stereocenters. The molecule has 6 heteroatoms. The molecular weight excluding hydrogens is 297 g/mol. The second kappa shape index (κ2) is 6.89. The van der Waals surface area contributed by atoms with E-state index < -0.39 is 5.82 Å². The first kappa shape index (κ1) is 15.8. The monoisotopic (exact) mass is 313 g/mol. The van der Waals surface area contributed by atoms with E-state index in [9.17, 15) is 14.0 Å². The molecule has 0 unspecified atom stereocenters. The lowest BCUT2D eigenvalue weighted by molar-refractivity contribution is -0.149. The van der Waals surface area contributed by atoms with Crippen molar-refractivity contribution in [3.8, 4) is 0 Å². The smallest absolute Gasteiger partial charge is 0.310 e. The van der Waals surface area contributed by atoms with Gasteiger partial charge in [0.15, 0.2) is 0 Å². The zero-order chi connectivity index (χ0) is 15.4. The van der Waals surface area contributed by atoms with Crippen LogP contribution in [0.15, 0.2) is 18.2 Å². The minimum absolute atomic E-state index is 0.0817. The third kappa shape index (κ3) is 3.73. The Kier molecular flexibility index (Phi) is 5.17. The maximum Gasteiger partial charge on any atom is 0.310 e. The molecule has 0 aliphatic carbocycles. The van der Waals surface area contributed by atoms with Gasteiger partial charge in [0.1, 0.15) is 5.82 Å². The summed E-state index contributed by atoms with van der Waals surface area (Å²) in [4.78, 5) is 25.8. The van der Waals surface area contributed by atoms with Crippen LogP contribution in [0.25, 0.3) is 0 Å². The summed E-state index contributed by atoms with van der Waals surface area (Å²) in [6.45, 7) is 2.95. The van der Waals surface area contributed by atoms with Crippen LogP contribution in [0.5, 0.6) is 0 Å². The van der Waals surface area contributed by atoms with Gasteiger partial charge in [0.25, 0.3) is 5.91 Å². The highest BCUT2D eigenvalue weighted by Gasteiger charge is 2.30. The molecule has 21 heavy (non-hydrogen) atoms. The van der Waals surface area contributed by atoms with E-state index in [1.807, 2.05) is 0 Å². The van der Waals surface area contributed by atoms with Gasteiger partial charge in [-0.3, -0.25) is 9.59 Å². The molecule has 2 rings (SSSR count). The molecule has 1 aliphatic rings. The van der Waals surface area contributed by atoms with Crippen molar-refractivity contribution in [3.05, 3.63) is 34.6 Å². The molecule has 4 nitrogen and oxygen atoms in total.